The third-order valence-electron chi connectivity index (χ3n) is 2.58. The molecule has 1 aromatic heterocycles. The van der Waals surface area contributed by atoms with Crippen molar-refractivity contribution in [2.24, 2.45) is 0 Å². The molecule has 0 aliphatic heterocycles. The van der Waals surface area contributed by atoms with Gasteiger partial charge in [0.05, 0.1) is 18.1 Å². The molecule has 0 aliphatic carbocycles. The van der Waals surface area contributed by atoms with E-state index in [9.17, 15) is 4.79 Å². The van der Waals surface area contributed by atoms with Gasteiger partial charge in [-0.3, -0.25) is 4.79 Å². The maximum absolute atomic E-state index is 11.7. The van der Waals surface area contributed by atoms with Crippen molar-refractivity contribution in [3.8, 4) is 0 Å². The Hall–Kier alpha value is -2.43. The van der Waals surface area contributed by atoms with Gasteiger partial charge in [-0.1, -0.05) is 0 Å². The van der Waals surface area contributed by atoms with Crippen molar-refractivity contribution >= 4 is 17.3 Å². The van der Waals surface area contributed by atoms with Gasteiger partial charge in [0.25, 0.3) is 5.91 Å². The first-order valence-electron chi connectivity index (χ1n) is 5.57. The average Bonchev–Trinajstić information content (AvgIpc) is 2.88. The van der Waals surface area contributed by atoms with Crippen LogP contribution in [0.5, 0.6) is 0 Å². The highest BCUT2D eigenvalue weighted by Gasteiger charge is 2.10. The second-order valence-electron chi connectivity index (χ2n) is 3.87. The van der Waals surface area contributed by atoms with E-state index in [1.165, 1.54) is 0 Å². The Kier molecular flexibility index (Phi) is 3.52. The zero-order valence-corrected chi connectivity index (χ0v) is 10.1. The summed E-state index contributed by atoms with van der Waals surface area (Å²) in [5.41, 5.74) is 8.61. The van der Waals surface area contributed by atoms with Crippen molar-refractivity contribution in [3.05, 3.63) is 47.9 Å². The molecule has 0 aliphatic rings. The Balaban J connectivity index is 2.19. The van der Waals surface area contributed by atoms with E-state index in [0.717, 1.165) is 5.56 Å². The zero-order chi connectivity index (χ0) is 13.0. The van der Waals surface area contributed by atoms with Crippen LogP contribution in [0.3, 0.4) is 0 Å². The Morgan fingerprint density at radius 2 is 2.22 bits per heavy atom. The molecule has 2 rings (SSSR count). The summed E-state index contributed by atoms with van der Waals surface area (Å²) in [7, 11) is 1.60. The fourth-order valence-corrected chi connectivity index (χ4v) is 1.63. The summed E-state index contributed by atoms with van der Waals surface area (Å²) in [6, 6.07) is 7.00. The number of nitrogens with two attached hydrogens (primary N) is 1. The van der Waals surface area contributed by atoms with Gasteiger partial charge in [-0.15, -0.1) is 0 Å². The largest absolute Gasteiger partial charge is 0.472 e. The topological polar surface area (TPSA) is 80.3 Å². The minimum absolute atomic E-state index is 0.148. The monoisotopic (exact) mass is 245 g/mol. The lowest BCUT2D eigenvalue weighted by atomic mass is 10.1. The maximum atomic E-state index is 11.7. The molecule has 0 fully saturated rings. The first kappa shape index (κ1) is 12.0. The molecule has 0 saturated heterocycles. The quantitative estimate of drug-likeness (QED) is 0.718. The standard InChI is InChI=1S/C13H15N3O2/c1-15-13(17)11-3-2-10(14)6-12(11)16-7-9-4-5-18-8-9/h2-6,8,16H,7,14H2,1H3,(H,15,17). The highest BCUT2D eigenvalue weighted by molar-refractivity contribution is 6.00. The lowest BCUT2D eigenvalue weighted by Crippen LogP contribution is -2.19. The van der Waals surface area contributed by atoms with Crippen LogP contribution < -0.4 is 16.4 Å². The highest BCUT2D eigenvalue weighted by Crippen LogP contribution is 2.20. The molecule has 1 heterocycles. The summed E-state index contributed by atoms with van der Waals surface area (Å²) in [5.74, 6) is -0.148. The molecule has 0 radical (unpaired) electrons. The molecular formula is C13H15N3O2. The summed E-state index contributed by atoms with van der Waals surface area (Å²) in [6.07, 6.45) is 3.26. The second kappa shape index (κ2) is 5.27. The van der Waals surface area contributed by atoms with Crippen LogP contribution in [0.25, 0.3) is 0 Å². The lowest BCUT2D eigenvalue weighted by molar-refractivity contribution is 0.0964. The molecule has 1 aromatic carbocycles. The van der Waals surface area contributed by atoms with Crippen LogP contribution in [-0.2, 0) is 6.54 Å². The third kappa shape index (κ3) is 2.63. The molecule has 5 heteroatoms. The number of benzene rings is 1. The first-order valence-corrected chi connectivity index (χ1v) is 5.57. The predicted molar refractivity (Wildman–Crippen MR) is 70.3 cm³/mol. The Bertz CT molecular complexity index is 535. The van der Waals surface area contributed by atoms with Gasteiger partial charge < -0.3 is 20.8 Å². The van der Waals surface area contributed by atoms with Crippen molar-refractivity contribution in [3.63, 3.8) is 0 Å². The van der Waals surface area contributed by atoms with E-state index in [1.54, 1.807) is 37.8 Å². The number of hydrogen-bond donors (Lipinski definition) is 3. The molecule has 94 valence electrons. The fraction of sp³-hybridized carbons (Fsp3) is 0.154. The number of carbonyl (C=O) groups is 1. The number of nitrogen functional groups attached to an aromatic ring is 1. The Morgan fingerprint density at radius 1 is 1.39 bits per heavy atom. The molecule has 0 unspecified atom stereocenters. The van der Waals surface area contributed by atoms with Gasteiger partial charge in [-0.05, 0) is 24.3 Å². The lowest BCUT2D eigenvalue weighted by Gasteiger charge is -2.11. The minimum atomic E-state index is -0.148. The molecule has 5 nitrogen and oxygen atoms in total. The van der Waals surface area contributed by atoms with Crippen molar-refractivity contribution in [2.45, 2.75) is 6.54 Å². The van der Waals surface area contributed by atoms with Crippen molar-refractivity contribution < 1.29 is 9.21 Å². The Labute approximate surface area is 105 Å². The summed E-state index contributed by atoms with van der Waals surface area (Å²) in [4.78, 5) is 11.7. The molecule has 0 bridgehead atoms. The van der Waals surface area contributed by atoms with Gasteiger partial charge in [0, 0.05) is 30.5 Å². The van der Waals surface area contributed by atoms with Crippen LogP contribution in [-0.4, -0.2) is 13.0 Å². The van der Waals surface area contributed by atoms with Crippen LogP contribution in [0.1, 0.15) is 15.9 Å². The van der Waals surface area contributed by atoms with E-state index < -0.39 is 0 Å². The minimum Gasteiger partial charge on any atom is -0.472 e. The first-order chi connectivity index (χ1) is 8.70. The number of rotatable bonds is 4. The summed E-state index contributed by atoms with van der Waals surface area (Å²) >= 11 is 0. The molecule has 2 aromatic rings. The molecule has 18 heavy (non-hydrogen) atoms. The van der Waals surface area contributed by atoms with Gasteiger partial charge in [0.2, 0.25) is 0 Å². The van der Waals surface area contributed by atoms with Gasteiger partial charge in [-0.25, -0.2) is 0 Å². The number of nitrogens with one attached hydrogen (secondary N) is 2. The maximum Gasteiger partial charge on any atom is 0.253 e. The highest BCUT2D eigenvalue weighted by atomic mass is 16.3. The van der Waals surface area contributed by atoms with Crippen LogP contribution in [0.4, 0.5) is 11.4 Å². The average molecular weight is 245 g/mol. The van der Waals surface area contributed by atoms with Crippen LogP contribution >= 0.6 is 0 Å². The Morgan fingerprint density at radius 3 is 2.89 bits per heavy atom. The number of anilines is 2. The van der Waals surface area contributed by atoms with E-state index in [0.29, 0.717) is 23.5 Å². The van der Waals surface area contributed by atoms with Crippen LogP contribution in [0.15, 0.2) is 41.2 Å². The fourth-order valence-electron chi connectivity index (χ4n) is 1.63. The van der Waals surface area contributed by atoms with Crippen molar-refractivity contribution in [1.82, 2.24) is 5.32 Å². The predicted octanol–water partition coefficient (Wildman–Crippen LogP) is 1.83. The van der Waals surface area contributed by atoms with E-state index >= 15 is 0 Å². The number of hydrogen-bond acceptors (Lipinski definition) is 4. The number of carbonyl (C=O) groups excluding carboxylic acids is 1. The molecule has 0 saturated carbocycles. The van der Waals surface area contributed by atoms with Gasteiger partial charge in [-0.2, -0.15) is 0 Å². The zero-order valence-electron chi connectivity index (χ0n) is 10.1. The van der Waals surface area contributed by atoms with E-state index in [1.807, 2.05) is 6.07 Å². The van der Waals surface area contributed by atoms with E-state index in [-0.39, 0.29) is 5.91 Å². The number of furan rings is 1. The SMILES string of the molecule is CNC(=O)c1ccc(N)cc1NCc1ccoc1. The summed E-state index contributed by atoms with van der Waals surface area (Å²) in [5, 5.41) is 5.77. The molecular weight excluding hydrogens is 230 g/mol. The summed E-state index contributed by atoms with van der Waals surface area (Å²) in [6.45, 7) is 0.573. The van der Waals surface area contributed by atoms with Gasteiger partial charge >= 0.3 is 0 Å². The van der Waals surface area contributed by atoms with Crippen LogP contribution in [0, 0.1) is 0 Å². The van der Waals surface area contributed by atoms with E-state index in [2.05, 4.69) is 10.6 Å². The number of amides is 1. The smallest absolute Gasteiger partial charge is 0.253 e. The third-order valence-corrected chi connectivity index (χ3v) is 2.58. The molecule has 0 spiro atoms. The normalized spacial score (nSPS) is 10.1. The van der Waals surface area contributed by atoms with Gasteiger partial charge in [0.15, 0.2) is 0 Å². The van der Waals surface area contributed by atoms with Gasteiger partial charge in [0.1, 0.15) is 0 Å². The molecule has 0 atom stereocenters. The van der Waals surface area contributed by atoms with Crippen molar-refractivity contribution in [2.75, 3.05) is 18.1 Å². The van der Waals surface area contributed by atoms with Crippen molar-refractivity contribution in [1.29, 1.82) is 0 Å². The molecule has 4 N–H and O–H groups in total. The van der Waals surface area contributed by atoms with E-state index in [4.69, 9.17) is 10.2 Å². The molecule has 1 amide bonds. The van der Waals surface area contributed by atoms with Crippen LogP contribution in [0.2, 0.25) is 0 Å². The second-order valence-corrected chi connectivity index (χ2v) is 3.87. The summed E-state index contributed by atoms with van der Waals surface area (Å²) < 4.78 is 4.98.